The number of halogens is 2. The highest BCUT2D eigenvalue weighted by molar-refractivity contribution is 9.10. The van der Waals surface area contributed by atoms with E-state index in [-0.39, 0.29) is 5.91 Å². The third-order valence-corrected chi connectivity index (χ3v) is 4.92. The Morgan fingerprint density at radius 1 is 1.48 bits per heavy atom. The van der Waals surface area contributed by atoms with Crippen molar-refractivity contribution in [1.29, 1.82) is 0 Å². The molecule has 6 heteroatoms. The van der Waals surface area contributed by atoms with Crippen LogP contribution in [0.2, 0.25) is 5.02 Å². The van der Waals surface area contributed by atoms with Gasteiger partial charge in [0.25, 0.3) is 5.91 Å². The zero-order chi connectivity index (χ0) is 15.4. The van der Waals surface area contributed by atoms with E-state index in [0.29, 0.717) is 23.0 Å². The van der Waals surface area contributed by atoms with Gasteiger partial charge in [-0.1, -0.05) is 41.4 Å². The van der Waals surface area contributed by atoms with Crippen molar-refractivity contribution in [2.75, 3.05) is 6.54 Å². The number of hydrogen-bond donors (Lipinski definition) is 1. The van der Waals surface area contributed by atoms with Crippen LogP contribution in [-0.4, -0.2) is 17.4 Å². The van der Waals surface area contributed by atoms with Crippen LogP contribution < -0.4 is 5.32 Å². The minimum Gasteiger partial charge on any atom is -0.352 e. The van der Waals surface area contributed by atoms with E-state index in [9.17, 15) is 4.79 Å². The molecule has 112 valence electrons. The van der Waals surface area contributed by atoms with Crippen LogP contribution in [0.5, 0.6) is 0 Å². The average Bonchev–Trinajstić information content (AvgIpc) is 2.90. The second-order valence-electron chi connectivity index (χ2n) is 4.96. The van der Waals surface area contributed by atoms with Crippen molar-refractivity contribution in [2.24, 2.45) is 0 Å². The Morgan fingerprint density at radius 2 is 2.24 bits per heavy atom. The molecule has 0 saturated heterocycles. The van der Waals surface area contributed by atoms with E-state index >= 15 is 0 Å². The van der Waals surface area contributed by atoms with Crippen molar-refractivity contribution in [1.82, 2.24) is 10.3 Å². The maximum Gasteiger partial charge on any atom is 0.252 e. The quantitative estimate of drug-likeness (QED) is 0.811. The maximum absolute atomic E-state index is 12.1. The number of amides is 1. The highest BCUT2D eigenvalue weighted by atomic mass is 79.9. The summed E-state index contributed by atoms with van der Waals surface area (Å²) in [7, 11) is 0. The Morgan fingerprint density at radius 3 is 2.90 bits per heavy atom. The molecule has 0 aliphatic heterocycles. The molecule has 0 aliphatic rings. The van der Waals surface area contributed by atoms with Crippen LogP contribution in [0, 0.1) is 0 Å². The molecule has 0 aliphatic carbocycles. The lowest BCUT2D eigenvalue weighted by Crippen LogP contribution is -2.26. The van der Waals surface area contributed by atoms with Crippen LogP contribution in [0.3, 0.4) is 0 Å². The summed E-state index contributed by atoms with van der Waals surface area (Å²) in [5.41, 5.74) is 1.50. The van der Waals surface area contributed by atoms with E-state index in [4.69, 9.17) is 11.6 Å². The van der Waals surface area contributed by atoms with Gasteiger partial charge in [0.2, 0.25) is 0 Å². The van der Waals surface area contributed by atoms with Crippen molar-refractivity contribution in [3.05, 3.63) is 49.3 Å². The van der Waals surface area contributed by atoms with E-state index in [1.807, 2.05) is 11.4 Å². The molecule has 0 spiro atoms. The van der Waals surface area contributed by atoms with Gasteiger partial charge in [-0.25, -0.2) is 4.98 Å². The number of hydrogen-bond acceptors (Lipinski definition) is 3. The van der Waals surface area contributed by atoms with Gasteiger partial charge >= 0.3 is 0 Å². The lowest BCUT2D eigenvalue weighted by Gasteiger charge is -2.06. The molecule has 1 heterocycles. The summed E-state index contributed by atoms with van der Waals surface area (Å²) in [5.74, 6) is 0.277. The van der Waals surface area contributed by atoms with Gasteiger partial charge in [0.15, 0.2) is 0 Å². The lowest BCUT2D eigenvalue weighted by atomic mass is 10.2. The van der Waals surface area contributed by atoms with Gasteiger partial charge in [0, 0.05) is 28.7 Å². The molecule has 0 saturated carbocycles. The molecule has 1 N–H and O–H groups in total. The highest BCUT2D eigenvalue weighted by Gasteiger charge is 2.11. The van der Waals surface area contributed by atoms with Crippen LogP contribution >= 0.6 is 38.9 Å². The smallest absolute Gasteiger partial charge is 0.252 e. The monoisotopic (exact) mass is 386 g/mol. The lowest BCUT2D eigenvalue weighted by molar-refractivity contribution is 0.0954. The normalized spacial score (nSPS) is 10.9. The van der Waals surface area contributed by atoms with Gasteiger partial charge in [-0.2, -0.15) is 0 Å². The number of thiazole rings is 1. The number of rotatable bonds is 5. The Balaban J connectivity index is 1.90. The van der Waals surface area contributed by atoms with Gasteiger partial charge in [0.1, 0.15) is 0 Å². The van der Waals surface area contributed by atoms with E-state index in [2.05, 4.69) is 40.1 Å². The van der Waals surface area contributed by atoms with Crippen LogP contribution in [0.4, 0.5) is 0 Å². The van der Waals surface area contributed by atoms with E-state index in [1.165, 1.54) is 0 Å². The van der Waals surface area contributed by atoms with E-state index in [1.54, 1.807) is 23.5 Å². The summed E-state index contributed by atoms with van der Waals surface area (Å²) in [6.07, 6.45) is 0.723. The summed E-state index contributed by atoms with van der Waals surface area (Å²) in [5, 5.41) is 6.50. The first-order valence-corrected chi connectivity index (χ1v) is 8.70. The number of aromatic nitrogens is 1. The molecule has 1 aromatic heterocycles. The molecule has 21 heavy (non-hydrogen) atoms. The molecule has 1 amide bonds. The average molecular weight is 388 g/mol. The zero-order valence-corrected chi connectivity index (χ0v) is 15.0. The summed E-state index contributed by atoms with van der Waals surface area (Å²) in [6.45, 7) is 4.79. The molecule has 0 fully saturated rings. The molecule has 3 nitrogen and oxygen atoms in total. The molecule has 2 aromatic rings. The Labute approximate surface area is 141 Å². The number of carbonyl (C=O) groups excluding carboxylic acids is 1. The first-order valence-electron chi connectivity index (χ1n) is 6.65. The SMILES string of the molecule is CC(C)c1nc(CCNC(=O)c2cc(Br)ccc2Cl)cs1. The van der Waals surface area contributed by atoms with Crippen molar-refractivity contribution in [2.45, 2.75) is 26.2 Å². The van der Waals surface area contributed by atoms with Crippen LogP contribution in [0.1, 0.15) is 40.8 Å². The van der Waals surface area contributed by atoms with Crippen molar-refractivity contribution >= 4 is 44.8 Å². The van der Waals surface area contributed by atoms with Gasteiger partial charge in [-0.3, -0.25) is 4.79 Å². The topological polar surface area (TPSA) is 42.0 Å². The van der Waals surface area contributed by atoms with Crippen LogP contribution in [0.25, 0.3) is 0 Å². The first-order chi connectivity index (χ1) is 9.97. The molecule has 0 radical (unpaired) electrons. The van der Waals surface area contributed by atoms with E-state index in [0.717, 1.165) is 21.6 Å². The Hall–Kier alpha value is -0.910. The maximum atomic E-state index is 12.1. The fourth-order valence-electron chi connectivity index (χ4n) is 1.77. The van der Waals surface area contributed by atoms with Crippen LogP contribution in [0.15, 0.2) is 28.1 Å². The Kier molecular flexibility index (Phi) is 5.79. The predicted octanol–water partition coefficient (Wildman–Crippen LogP) is 4.65. The molecular formula is C15H16BrClN2OS. The summed E-state index contributed by atoms with van der Waals surface area (Å²) >= 11 is 11.0. The van der Waals surface area contributed by atoms with Crippen molar-refractivity contribution in [3.63, 3.8) is 0 Å². The van der Waals surface area contributed by atoms with Gasteiger partial charge in [0.05, 0.1) is 21.3 Å². The second kappa shape index (κ2) is 7.38. The first kappa shape index (κ1) is 16.5. The number of nitrogens with one attached hydrogen (secondary N) is 1. The molecule has 0 bridgehead atoms. The van der Waals surface area contributed by atoms with E-state index < -0.39 is 0 Å². The molecule has 1 aromatic carbocycles. The number of carbonyl (C=O) groups is 1. The summed E-state index contributed by atoms with van der Waals surface area (Å²) < 4.78 is 0.832. The Bertz CT molecular complexity index is 642. The fourth-order valence-corrected chi connectivity index (χ4v) is 3.21. The third kappa shape index (κ3) is 4.53. The zero-order valence-electron chi connectivity index (χ0n) is 11.8. The van der Waals surface area contributed by atoms with Gasteiger partial charge < -0.3 is 5.32 Å². The van der Waals surface area contributed by atoms with Crippen molar-refractivity contribution in [3.8, 4) is 0 Å². The van der Waals surface area contributed by atoms with Crippen molar-refractivity contribution < 1.29 is 4.79 Å². The molecule has 0 atom stereocenters. The standard InChI is InChI=1S/C15H16BrClN2OS/c1-9(2)15-19-11(8-21-15)5-6-18-14(20)12-7-10(16)3-4-13(12)17/h3-4,7-9H,5-6H2,1-2H3,(H,18,20). The number of nitrogens with zero attached hydrogens (tertiary/aromatic N) is 1. The second-order valence-corrected chi connectivity index (χ2v) is 7.17. The molecular weight excluding hydrogens is 372 g/mol. The highest BCUT2D eigenvalue weighted by Crippen LogP contribution is 2.21. The molecule has 0 unspecified atom stereocenters. The minimum absolute atomic E-state index is 0.166. The summed E-state index contributed by atoms with van der Waals surface area (Å²) in [6, 6.07) is 5.23. The largest absolute Gasteiger partial charge is 0.352 e. The minimum atomic E-state index is -0.166. The molecule has 2 rings (SSSR count). The van der Waals surface area contributed by atoms with Gasteiger partial charge in [-0.15, -0.1) is 11.3 Å². The van der Waals surface area contributed by atoms with Crippen LogP contribution in [-0.2, 0) is 6.42 Å². The third-order valence-electron chi connectivity index (χ3n) is 2.90. The van der Waals surface area contributed by atoms with Gasteiger partial charge in [-0.05, 0) is 18.2 Å². The fraction of sp³-hybridized carbons (Fsp3) is 0.333. The number of benzene rings is 1. The predicted molar refractivity (Wildman–Crippen MR) is 91.4 cm³/mol. The summed E-state index contributed by atoms with van der Waals surface area (Å²) in [4.78, 5) is 16.6.